The van der Waals surface area contributed by atoms with Crippen molar-refractivity contribution in [3.8, 4) is 0 Å². The average molecular weight is 394 g/mol. The minimum atomic E-state index is -4.15. The standard InChI is InChI=1S/C13H16F2N4O4S2/c1-4-23-10(20)5-9-6-24-13(16-9)18-25(21,22)11-7(2)17-19(8(11)3)12(14)15/h6,12H,4-5H2,1-3H3,(H,16,18). The number of alkyl halides is 2. The van der Waals surface area contributed by atoms with E-state index in [1.54, 1.807) is 6.92 Å². The number of ether oxygens (including phenoxy) is 1. The summed E-state index contributed by atoms with van der Waals surface area (Å²) in [5, 5.41) is 5.08. The van der Waals surface area contributed by atoms with Crippen molar-refractivity contribution >= 4 is 32.5 Å². The number of hydrogen-bond donors (Lipinski definition) is 1. The van der Waals surface area contributed by atoms with Gasteiger partial charge < -0.3 is 4.74 Å². The number of anilines is 1. The highest BCUT2D eigenvalue weighted by Gasteiger charge is 2.28. The molecule has 12 heteroatoms. The number of sulfonamides is 1. The van der Waals surface area contributed by atoms with Crippen LogP contribution in [-0.4, -0.2) is 35.8 Å². The second-order valence-corrected chi connectivity index (χ2v) is 7.43. The Bertz CT molecular complexity index is 877. The molecule has 138 valence electrons. The molecule has 0 aliphatic heterocycles. The van der Waals surface area contributed by atoms with Crippen molar-refractivity contribution in [3.63, 3.8) is 0 Å². The number of carbonyl (C=O) groups excluding carboxylic acids is 1. The van der Waals surface area contributed by atoms with Crippen LogP contribution in [0.4, 0.5) is 13.9 Å². The molecule has 0 aliphatic rings. The summed E-state index contributed by atoms with van der Waals surface area (Å²) in [6, 6.07) is 0. The molecule has 2 aromatic heterocycles. The molecule has 0 fully saturated rings. The Morgan fingerprint density at radius 3 is 2.68 bits per heavy atom. The van der Waals surface area contributed by atoms with E-state index in [1.165, 1.54) is 19.2 Å². The molecule has 2 rings (SSSR count). The van der Waals surface area contributed by atoms with Crippen LogP contribution in [0.5, 0.6) is 0 Å². The minimum Gasteiger partial charge on any atom is -0.466 e. The number of aryl methyl sites for hydroxylation is 1. The highest BCUT2D eigenvalue weighted by atomic mass is 32.2. The zero-order chi connectivity index (χ0) is 18.8. The van der Waals surface area contributed by atoms with Crippen LogP contribution in [0.25, 0.3) is 0 Å². The molecule has 0 spiro atoms. The zero-order valence-corrected chi connectivity index (χ0v) is 15.2. The topological polar surface area (TPSA) is 103 Å². The van der Waals surface area contributed by atoms with Crippen molar-refractivity contribution in [2.75, 3.05) is 11.3 Å². The van der Waals surface area contributed by atoms with Gasteiger partial charge in [0, 0.05) is 5.38 Å². The van der Waals surface area contributed by atoms with E-state index in [1.807, 2.05) is 0 Å². The van der Waals surface area contributed by atoms with Gasteiger partial charge in [0.25, 0.3) is 10.0 Å². The van der Waals surface area contributed by atoms with Crippen molar-refractivity contribution < 1.29 is 26.7 Å². The number of rotatable bonds is 7. The first kappa shape index (κ1) is 19.2. The van der Waals surface area contributed by atoms with Crippen molar-refractivity contribution in [3.05, 3.63) is 22.5 Å². The SMILES string of the molecule is CCOC(=O)Cc1csc(NS(=O)(=O)c2c(C)nn(C(F)F)c2C)n1. The Kier molecular flexibility index (Phi) is 5.72. The Morgan fingerprint density at radius 1 is 1.44 bits per heavy atom. The number of nitrogens with zero attached hydrogens (tertiary/aromatic N) is 3. The fourth-order valence-electron chi connectivity index (χ4n) is 2.19. The summed E-state index contributed by atoms with van der Waals surface area (Å²) in [6.07, 6.45) is -0.0898. The lowest BCUT2D eigenvalue weighted by Gasteiger charge is -2.06. The second kappa shape index (κ2) is 7.44. The zero-order valence-electron chi connectivity index (χ0n) is 13.6. The number of esters is 1. The third kappa shape index (κ3) is 4.31. The molecule has 0 aliphatic carbocycles. The van der Waals surface area contributed by atoms with Gasteiger partial charge in [-0.05, 0) is 20.8 Å². The van der Waals surface area contributed by atoms with Crippen molar-refractivity contribution in [2.45, 2.75) is 38.6 Å². The van der Waals surface area contributed by atoms with Gasteiger partial charge in [-0.25, -0.2) is 18.1 Å². The normalized spacial score (nSPS) is 11.8. The number of hydrogen-bond acceptors (Lipinski definition) is 7. The minimum absolute atomic E-state index is 0.0166. The molecule has 0 bridgehead atoms. The molecular weight excluding hydrogens is 378 g/mol. The van der Waals surface area contributed by atoms with Crippen LogP contribution in [0, 0.1) is 13.8 Å². The molecule has 2 heterocycles. The van der Waals surface area contributed by atoms with Gasteiger partial charge in [-0.15, -0.1) is 11.3 Å². The number of aromatic nitrogens is 3. The first-order valence-corrected chi connectivity index (χ1v) is 9.48. The molecule has 1 N–H and O–H groups in total. The van der Waals surface area contributed by atoms with E-state index in [9.17, 15) is 22.0 Å². The molecule has 0 amide bonds. The lowest BCUT2D eigenvalue weighted by Crippen LogP contribution is -2.15. The summed E-state index contributed by atoms with van der Waals surface area (Å²) in [7, 11) is -4.15. The molecule has 0 saturated carbocycles. The molecule has 0 saturated heterocycles. The third-order valence-corrected chi connectivity index (χ3v) is 5.64. The predicted molar refractivity (Wildman–Crippen MR) is 86.2 cm³/mol. The number of thiazole rings is 1. The molecule has 8 nitrogen and oxygen atoms in total. The number of nitrogens with one attached hydrogen (secondary N) is 1. The average Bonchev–Trinajstić information content (AvgIpc) is 3.02. The number of halogens is 2. The van der Waals surface area contributed by atoms with E-state index in [2.05, 4.69) is 14.8 Å². The third-order valence-electron chi connectivity index (χ3n) is 3.12. The van der Waals surface area contributed by atoms with Gasteiger partial charge in [0.2, 0.25) is 0 Å². The lowest BCUT2D eigenvalue weighted by atomic mass is 10.3. The van der Waals surface area contributed by atoms with Crippen LogP contribution in [0.1, 0.15) is 30.6 Å². The summed E-state index contributed by atoms with van der Waals surface area (Å²) in [5.74, 6) is -0.480. The van der Waals surface area contributed by atoms with Gasteiger partial charge >= 0.3 is 12.5 Å². The fraction of sp³-hybridized carbons (Fsp3) is 0.462. The maximum absolute atomic E-state index is 12.9. The molecular formula is C13H16F2N4O4S2. The first-order chi connectivity index (χ1) is 11.7. The molecule has 0 radical (unpaired) electrons. The maximum atomic E-state index is 12.9. The van der Waals surface area contributed by atoms with Crippen molar-refractivity contribution in [1.82, 2.24) is 14.8 Å². The summed E-state index contributed by atoms with van der Waals surface area (Å²) in [4.78, 5) is 15.1. The largest absolute Gasteiger partial charge is 0.466 e. The monoisotopic (exact) mass is 394 g/mol. The number of carbonyl (C=O) groups is 1. The van der Waals surface area contributed by atoms with Gasteiger partial charge in [-0.2, -0.15) is 13.9 Å². The molecule has 0 aromatic carbocycles. The van der Waals surface area contributed by atoms with Gasteiger partial charge in [-0.1, -0.05) is 0 Å². The highest BCUT2D eigenvalue weighted by Crippen LogP contribution is 2.26. The van der Waals surface area contributed by atoms with Gasteiger partial charge in [0.15, 0.2) is 5.13 Å². The van der Waals surface area contributed by atoms with E-state index in [4.69, 9.17) is 4.74 Å². The quantitative estimate of drug-likeness (QED) is 0.723. The van der Waals surface area contributed by atoms with Crippen molar-refractivity contribution in [2.24, 2.45) is 0 Å². The van der Waals surface area contributed by atoms with Crippen LogP contribution in [0.15, 0.2) is 10.3 Å². The molecule has 25 heavy (non-hydrogen) atoms. The van der Waals surface area contributed by atoms with E-state index < -0.39 is 22.5 Å². The van der Waals surface area contributed by atoms with Crippen LogP contribution < -0.4 is 4.72 Å². The van der Waals surface area contributed by atoms with Gasteiger partial charge in [-0.3, -0.25) is 9.52 Å². The maximum Gasteiger partial charge on any atom is 0.333 e. The fourth-order valence-corrected chi connectivity index (χ4v) is 4.55. The van der Waals surface area contributed by atoms with Crippen LogP contribution >= 0.6 is 11.3 Å². The Hall–Kier alpha value is -2.08. The van der Waals surface area contributed by atoms with Crippen LogP contribution in [0.3, 0.4) is 0 Å². The Labute approximate surface area is 146 Å². The van der Waals surface area contributed by atoms with Crippen LogP contribution in [0.2, 0.25) is 0 Å². The molecule has 2 aromatic rings. The van der Waals surface area contributed by atoms with Gasteiger partial charge in [0.1, 0.15) is 4.90 Å². The summed E-state index contributed by atoms with van der Waals surface area (Å²) < 4.78 is 58.0. The van der Waals surface area contributed by atoms with E-state index in [0.717, 1.165) is 11.3 Å². The predicted octanol–water partition coefficient (Wildman–Crippen LogP) is 2.26. The van der Waals surface area contributed by atoms with Gasteiger partial charge in [0.05, 0.1) is 30.1 Å². The van der Waals surface area contributed by atoms with E-state index in [-0.39, 0.29) is 34.4 Å². The smallest absolute Gasteiger partial charge is 0.333 e. The summed E-state index contributed by atoms with van der Waals surface area (Å²) >= 11 is 0.971. The Balaban J connectivity index is 2.23. The summed E-state index contributed by atoms with van der Waals surface area (Å²) in [5.41, 5.74) is 0.120. The van der Waals surface area contributed by atoms with E-state index in [0.29, 0.717) is 10.4 Å². The van der Waals surface area contributed by atoms with E-state index >= 15 is 0 Å². The molecule has 0 unspecified atom stereocenters. The van der Waals surface area contributed by atoms with Crippen molar-refractivity contribution in [1.29, 1.82) is 0 Å². The molecule has 0 atom stereocenters. The van der Waals surface area contributed by atoms with Crippen LogP contribution in [-0.2, 0) is 26.0 Å². The lowest BCUT2D eigenvalue weighted by molar-refractivity contribution is -0.142. The Morgan fingerprint density at radius 2 is 2.12 bits per heavy atom. The highest BCUT2D eigenvalue weighted by molar-refractivity contribution is 7.93. The summed E-state index contributed by atoms with van der Waals surface area (Å²) in [6.45, 7) is 1.53. The second-order valence-electron chi connectivity index (χ2n) is 4.95. The first-order valence-electron chi connectivity index (χ1n) is 7.12.